The minimum absolute atomic E-state index is 0. The van der Waals surface area contributed by atoms with Crippen LogP contribution in [0, 0.1) is 11.8 Å². The maximum atomic E-state index is 11.6. The average molecular weight is 267 g/mol. The topological polar surface area (TPSA) is 92.4 Å². The molecule has 0 aliphatic heterocycles. The molecule has 0 fully saturated rings. The molecule has 5 nitrogen and oxygen atoms in total. The summed E-state index contributed by atoms with van der Waals surface area (Å²) in [7, 11) is 0. The highest BCUT2D eigenvalue weighted by Gasteiger charge is 2.25. The summed E-state index contributed by atoms with van der Waals surface area (Å²) in [5.74, 6) is -1.22. The first kappa shape index (κ1) is 18.6. The Balaban J connectivity index is 0. The second-order valence-electron chi connectivity index (χ2n) is 4.80. The molecule has 0 aromatic carbocycles. The van der Waals surface area contributed by atoms with Gasteiger partial charge < -0.3 is 16.2 Å². The lowest BCUT2D eigenvalue weighted by Crippen LogP contribution is -2.50. The average Bonchev–Trinajstić information content (AvgIpc) is 2.14. The molecule has 0 rings (SSSR count). The van der Waals surface area contributed by atoms with Gasteiger partial charge in [0.25, 0.3) is 0 Å². The SMILES string of the molecule is CC(C)CC(NC(=O)C(N)C(C)C)C(=O)O.Cl. The van der Waals surface area contributed by atoms with Crippen molar-refractivity contribution in [3.8, 4) is 0 Å². The van der Waals surface area contributed by atoms with Gasteiger partial charge in [-0.1, -0.05) is 27.7 Å². The molecule has 2 atom stereocenters. The highest BCUT2D eigenvalue weighted by atomic mass is 35.5. The predicted molar refractivity (Wildman–Crippen MR) is 69.1 cm³/mol. The number of carbonyl (C=O) groups is 2. The third kappa shape index (κ3) is 7.18. The largest absolute Gasteiger partial charge is 0.480 e. The second kappa shape index (κ2) is 8.31. The summed E-state index contributed by atoms with van der Waals surface area (Å²) in [5, 5.41) is 11.4. The molecule has 0 aliphatic carbocycles. The van der Waals surface area contributed by atoms with Crippen LogP contribution in [0.1, 0.15) is 34.1 Å². The summed E-state index contributed by atoms with van der Waals surface area (Å²) >= 11 is 0. The van der Waals surface area contributed by atoms with Gasteiger partial charge in [-0.25, -0.2) is 4.79 Å². The Morgan fingerprint density at radius 1 is 1.24 bits per heavy atom. The smallest absolute Gasteiger partial charge is 0.326 e. The molecule has 0 saturated heterocycles. The van der Waals surface area contributed by atoms with E-state index in [4.69, 9.17) is 10.8 Å². The van der Waals surface area contributed by atoms with Crippen LogP contribution in [0.15, 0.2) is 0 Å². The maximum Gasteiger partial charge on any atom is 0.326 e. The fourth-order valence-corrected chi connectivity index (χ4v) is 1.26. The fourth-order valence-electron chi connectivity index (χ4n) is 1.26. The summed E-state index contributed by atoms with van der Waals surface area (Å²) in [4.78, 5) is 22.5. The minimum Gasteiger partial charge on any atom is -0.480 e. The van der Waals surface area contributed by atoms with Crippen LogP contribution in [0.25, 0.3) is 0 Å². The van der Waals surface area contributed by atoms with Gasteiger partial charge in [0.2, 0.25) is 5.91 Å². The molecule has 1 amide bonds. The zero-order valence-electron chi connectivity index (χ0n) is 10.8. The highest BCUT2D eigenvalue weighted by molar-refractivity contribution is 5.86. The third-order valence-corrected chi connectivity index (χ3v) is 2.34. The zero-order valence-corrected chi connectivity index (χ0v) is 11.6. The second-order valence-corrected chi connectivity index (χ2v) is 4.80. The molecule has 102 valence electrons. The van der Waals surface area contributed by atoms with E-state index in [1.807, 2.05) is 27.7 Å². The van der Waals surface area contributed by atoms with Crippen molar-refractivity contribution in [3.05, 3.63) is 0 Å². The lowest BCUT2D eigenvalue weighted by Gasteiger charge is -2.20. The van der Waals surface area contributed by atoms with Gasteiger partial charge in [-0.05, 0) is 18.3 Å². The Hall–Kier alpha value is -0.810. The Labute approximate surface area is 109 Å². The predicted octanol–water partition coefficient (Wildman–Crippen LogP) is 1.01. The van der Waals surface area contributed by atoms with Crippen LogP contribution in [0.3, 0.4) is 0 Å². The van der Waals surface area contributed by atoms with Gasteiger partial charge in [0.05, 0.1) is 6.04 Å². The molecule has 2 unspecified atom stereocenters. The number of nitrogens with one attached hydrogen (secondary N) is 1. The first-order valence-corrected chi connectivity index (χ1v) is 5.54. The van der Waals surface area contributed by atoms with Crippen molar-refractivity contribution >= 4 is 24.3 Å². The van der Waals surface area contributed by atoms with Crippen LogP contribution in [0.4, 0.5) is 0 Å². The first-order chi connectivity index (χ1) is 7.25. The van der Waals surface area contributed by atoms with E-state index in [-0.39, 0.29) is 24.2 Å². The lowest BCUT2D eigenvalue weighted by atomic mass is 10.0. The number of hydrogen-bond acceptors (Lipinski definition) is 3. The van der Waals surface area contributed by atoms with Gasteiger partial charge in [0, 0.05) is 0 Å². The number of hydrogen-bond donors (Lipinski definition) is 3. The molecular weight excluding hydrogens is 244 g/mol. The number of amides is 1. The fraction of sp³-hybridized carbons (Fsp3) is 0.818. The first-order valence-electron chi connectivity index (χ1n) is 5.54. The summed E-state index contributed by atoms with van der Waals surface area (Å²) in [6.45, 7) is 7.46. The van der Waals surface area contributed by atoms with Crippen LogP contribution >= 0.6 is 12.4 Å². The van der Waals surface area contributed by atoms with Crippen LogP contribution in [-0.4, -0.2) is 29.1 Å². The zero-order chi connectivity index (χ0) is 12.9. The number of halogens is 1. The molecule has 0 radical (unpaired) electrons. The summed E-state index contributed by atoms with van der Waals surface area (Å²) in [6, 6.07) is -1.51. The highest BCUT2D eigenvalue weighted by Crippen LogP contribution is 2.06. The number of carboxylic acid groups (broad SMARTS) is 1. The van der Waals surface area contributed by atoms with Crippen molar-refractivity contribution in [3.63, 3.8) is 0 Å². The molecule has 17 heavy (non-hydrogen) atoms. The molecule has 0 aliphatic rings. The Kier molecular flexibility index (Phi) is 9.06. The standard InChI is InChI=1S/C11H22N2O3.ClH/c1-6(2)5-8(11(15)16)13-10(14)9(12)7(3)4;/h6-9H,5,12H2,1-4H3,(H,13,14)(H,15,16);1H. The van der Waals surface area contributed by atoms with E-state index in [2.05, 4.69) is 5.32 Å². The molecule has 0 saturated carbocycles. The van der Waals surface area contributed by atoms with Crippen LogP contribution < -0.4 is 11.1 Å². The van der Waals surface area contributed by atoms with E-state index in [0.29, 0.717) is 6.42 Å². The van der Waals surface area contributed by atoms with Crippen LogP contribution in [0.2, 0.25) is 0 Å². The lowest BCUT2D eigenvalue weighted by molar-refractivity contribution is -0.142. The van der Waals surface area contributed by atoms with Crippen molar-refractivity contribution in [1.29, 1.82) is 0 Å². The van der Waals surface area contributed by atoms with Gasteiger partial charge in [0.1, 0.15) is 6.04 Å². The van der Waals surface area contributed by atoms with E-state index in [0.717, 1.165) is 0 Å². The number of nitrogens with two attached hydrogens (primary N) is 1. The van der Waals surface area contributed by atoms with Crippen molar-refractivity contribution in [2.24, 2.45) is 17.6 Å². The molecule has 0 aromatic heterocycles. The molecule has 0 bridgehead atoms. The Bertz CT molecular complexity index is 257. The van der Waals surface area contributed by atoms with Gasteiger partial charge in [-0.3, -0.25) is 4.79 Å². The van der Waals surface area contributed by atoms with Crippen LogP contribution in [-0.2, 0) is 9.59 Å². The summed E-state index contributed by atoms with van der Waals surface area (Å²) in [5.41, 5.74) is 5.63. The molecule has 4 N–H and O–H groups in total. The number of carboxylic acids is 1. The van der Waals surface area contributed by atoms with Gasteiger partial charge in [-0.2, -0.15) is 0 Å². The number of aliphatic carboxylic acids is 1. The monoisotopic (exact) mass is 266 g/mol. The minimum atomic E-state index is -1.02. The van der Waals surface area contributed by atoms with Gasteiger partial charge in [0.15, 0.2) is 0 Å². The quantitative estimate of drug-likeness (QED) is 0.669. The van der Waals surface area contributed by atoms with Crippen molar-refractivity contribution < 1.29 is 14.7 Å². The maximum absolute atomic E-state index is 11.6. The normalized spacial score (nSPS) is 14.1. The van der Waals surface area contributed by atoms with E-state index in [1.54, 1.807) is 0 Å². The van der Waals surface area contributed by atoms with E-state index < -0.39 is 24.0 Å². The van der Waals surface area contributed by atoms with Gasteiger partial charge >= 0.3 is 5.97 Å². The molecule has 0 heterocycles. The van der Waals surface area contributed by atoms with Gasteiger partial charge in [-0.15, -0.1) is 12.4 Å². The molecule has 6 heteroatoms. The number of rotatable bonds is 6. The van der Waals surface area contributed by atoms with E-state index >= 15 is 0 Å². The molecule has 0 spiro atoms. The van der Waals surface area contributed by atoms with Crippen molar-refractivity contribution in [1.82, 2.24) is 5.32 Å². The Morgan fingerprint density at radius 2 is 1.71 bits per heavy atom. The van der Waals surface area contributed by atoms with E-state index in [1.165, 1.54) is 0 Å². The van der Waals surface area contributed by atoms with Crippen LogP contribution in [0.5, 0.6) is 0 Å². The Morgan fingerprint density at radius 3 is 2.00 bits per heavy atom. The number of carbonyl (C=O) groups excluding carboxylic acids is 1. The molecular formula is C11H23ClN2O3. The molecule has 0 aromatic rings. The van der Waals surface area contributed by atoms with Crippen molar-refractivity contribution in [2.75, 3.05) is 0 Å². The van der Waals surface area contributed by atoms with Crippen molar-refractivity contribution in [2.45, 2.75) is 46.2 Å². The summed E-state index contributed by atoms with van der Waals surface area (Å²) in [6.07, 6.45) is 0.409. The van der Waals surface area contributed by atoms with E-state index in [9.17, 15) is 9.59 Å². The summed E-state index contributed by atoms with van der Waals surface area (Å²) < 4.78 is 0. The third-order valence-electron chi connectivity index (χ3n) is 2.34.